The van der Waals surface area contributed by atoms with E-state index in [1.807, 2.05) is 0 Å². The zero-order valence-corrected chi connectivity index (χ0v) is 9.06. The quantitative estimate of drug-likeness (QED) is 0.621. The number of rotatable bonds is 2. The molecule has 1 fully saturated rings. The number of benzene rings is 1. The van der Waals surface area contributed by atoms with Crippen molar-refractivity contribution >= 4 is 5.76 Å². The van der Waals surface area contributed by atoms with Gasteiger partial charge in [0.2, 0.25) is 0 Å². The second-order valence-electron chi connectivity index (χ2n) is 4.31. The highest BCUT2D eigenvalue weighted by Gasteiger charge is 2.57. The van der Waals surface area contributed by atoms with Crippen molar-refractivity contribution in [2.45, 2.75) is 24.4 Å². The molecule has 1 aromatic rings. The Balaban J connectivity index is 2.48. The molecule has 1 saturated carbocycles. The summed E-state index contributed by atoms with van der Waals surface area (Å²) in [6, 6.07) is 2.49. The molecule has 2 rings (SSSR count). The molecule has 6 heteroatoms. The van der Waals surface area contributed by atoms with Crippen LogP contribution in [0.4, 0.5) is 22.0 Å². The van der Waals surface area contributed by atoms with Crippen LogP contribution >= 0.6 is 0 Å². The lowest BCUT2D eigenvalue weighted by Gasteiger charge is -2.11. The molecule has 1 atom stereocenters. The minimum Gasteiger partial charge on any atom is -0.508 e. The monoisotopic (exact) mass is 264 g/mol. The zero-order chi connectivity index (χ0) is 13.7. The van der Waals surface area contributed by atoms with E-state index in [0.29, 0.717) is 12.1 Å². The predicted molar refractivity (Wildman–Crippen MR) is 55.4 cm³/mol. The minimum atomic E-state index is -4.65. The van der Waals surface area contributed by atoms with Gasteiger partial charge in [-0.25, -0.2) is 8.78 Å². The Hall–Kier alpha value is -1.59. The molecule has 1 N–H and O–H groups in total. The summed E-state index contributed by atoms with van der Waals surface area (Å²) >= 11 is 0. The van der Waals surface area contributed by atoms with Crippen LogP contribution in [0.15, 0.2) is 24.8 Å². The van der Waals surface area contributed by atoms with Gasteiger partial charge in [-0.15, -0.1) is 0 Å². The molecule has 0 radical (unpaired) electrons. The van der Waals surface area contributed by atoms with Gasteiger partial charge in [0.25, 0.3) is 5.92 Å². The molecule has 1 aliphatic rings. The molecule has 1 unspecified atom stereocenters. The van der Waals surface area contributed by atoms with E-state index in [0.717, 1.165) is 6.07 Å². The van der Waals surface area contributed by atoms with E-state index in [4.69, 9.17) is 5.11 Å². The first kappa shape index (κ1) is 12.9. The number of alkyl halides is 5. The topological polar surface area (TPSA) is 20.2 Å². The lowest BCUT2D eigenvalue weighted by Crippen LogP contribution is -2.07. The summed E-state index contributed by atoms with van der Waals surface area (Å²) in [5.41, 5.74) is -1.38. The predicted octanol–water partition coefficient (Wildman–Crippen LogP) is 4.36. The van der Waals surface area contributed by atoms with E-state index in [-0.39, 0.29) is 11.1 Å². The highest BCUT2D eigenvalue weighted by atomic mass is 19.4. The Labute approximate surface area is 99.5 Å². The van der Waals surface area contributed by atoms with Gasteiger partial charge in [-0.2, -0.15) is 13.2 Å². The fraction of sp³-hybridized carbons (Fsp3) is 0.333. The SMILES string of the molecule is C=C(O)c1cc(C2CC2(F)F)cc(C(F)(F)F)c1. The molecule has 0 aromatic heterocycles. The maximum absolute atomic E-state index is 12.9. The van der Waals surface area contributed by atoms with Gasteiger partial charge in [0.1, 0.15) is 5.76 Å². The zero-order valence-electron chi connectivity index (χ0n) is 9.06. The summed E-state index contributed by atoms with van der Waals surface area (Å²) < 4.78 is 63.5. The van der Waals surface area contributed by atoms with Crippen LogP contribution in [0.1, 0.15) is 29.0 Å². The summed E-state index contributed by atoms with van der Waals surface area (Å²) in [5.74, 6) is -4.75. The molecule has 98 valence electrons. The molecule has 1 aromatic carbocycles. The van der Waals surface area contributed by atoms with E-state index < -0.39 is 35.8 Å². The van der Waals surface area contributed by atoms with E-state index in [1.165, 1.54) is 0 Å². The number of aliphatic hydroxyl groups excluding tert-OH is 1. The van der Waals surface area contributed by atoms with Crippen LogP contribution in [0, 0.1) is 0 Å². The lowest BCUT2D eigenvalue weighted by molar-refractivity contribution is -0.137. The molecular weight excluding hydrogens is 255 g/mol. The largest absolute Gasteiger partial charge is 0.508 e. The van der Waals surface area contributed by atoms with Crippen molar-refractivity contribution < 1.29 is 27.1 Å². The van der Waals surface area contributed by atoms with Crippen LogP contribution in [0.3, 0.4) is 0 Å². The van der Waals surface area contributed by atoms with Crippen molar-refractivity contribution in [3.8, 4) is 0 Å². The molecule has 0 aliphatic heterocycles. The van der Waals surface area contributed by atoms with E-state index in [2.05, 4.69) is 6.58 Å². The van der Waals surface area contributed by atoms with Crippen LogP contribution in [-0.4, -0.2) is 11.0 Å². The molecule has 0 saturated heterocycles. The second-order valence-corrected chi connectivity index (χ2v) is 4.31. The van der Waals surface area contributed by atoms with Gasteiger partial charge in [0, 0.05) is 12.0 Å². The van der Waals surface area contributed by atoms with Crippen LogP contribution in [0.5, 0.6) is 0 Å². The van der Waals surface area contributed by atoms with Crippen LogP contribution in [0.25, 0.3) is 5.76 Å². The highest BCUT2D eigenvalue weighted by molar-refractivity contribution is 5.59. The third kappa shape index (κ3) is 2.32. The van der Waals surface area contributed by atoms with E-state index >= 15 is 0 Å². The Morgan fingerprint density at radius 2 is 1.83 bits per heavy atom. The van der Waals surface area contributed by atoms with Crippen molar-refractivity contribution in [2.75, 3.05) is 0 Å². The van der Waals surface area contributed by atoms with Gasteiger partial charge in [0.05, 0.1) is 11.5 Å². The third-order valence-electron chi connectivity index (χ3n) is 2.84. The highest BCUT2D eigenvalue weighted by Crippen LogP contribution is 2.56. The van der Waals surface area contributed by atoms with E-state index in [1.54, 1.807) is 0 Å². The minimum absolute atomic E-state index is 0.125. The Morgan fingerprint density at radius 1 is 1.28 bits per heavy atom. The summed E-state index contributed by atoms with van der Waals surface area (Å²) in [6.07, 6.45) is -5.12. The molecule has 18 heavy (non-hydrogen) atoms. The standard InChI is InChI=1S/C12H9F5O/c1-6(18)7-2-8(10-5-11(10,13)14)4-9(3-7)12(15,16)17/h2-4,10,18H,1,5H2. The van der Waals surface area contributed by atoms with Gasteiger partial charge < -0.3 is 5.11 Å². The average molecular weight is 264 g/mol. The number of hydrogen-bond acceptors (Lipinski definition) is 1. The lowest BCUT2D eigenvalue weighted by atomic mass is 10.0. The van der Waals surface area contributed by atoms with Crippen LogP contribution in [0.2, 0.25) is 0 Å². The van der Waals surface area contributed by atoms with Gasteiger partial charge in [-0.05, 0) is 23.8 Å². The van der Waals surface area contributed by atoms with Crippen LogP contribution in [-0.2, 0) is 6.18 Å². The first-order valence-corrected chi connectivity index (χ1v) is 5.09. The van der Waals surface area contributed by atoms with Crippen molar-refractivity contribution in [1.82, 2.24) is 0 Å². The molecule has 0 amide bonds. The summed E-state index contributed by atoms with van der Waals surface area (Å²) in [4.78, 5) is 0. The fourth-order valence-corrected chi connectivity index (χ4v) is 1.76. The van der Waals surface area contributed by atoms with Gasteiger partial charge in [0.15, 0.2) is 0 Å². The molecular formula is C12H9F5O. The normalized spacial score (nSPS) is 21.7. The Morgan fingerprint density at radius 3 is 2.22 bits per heavy atom. The summed E-state index contributed by atoms with van der Waals surface area (Å²) in [7, 11) is 0. The van der Waals surface area contributed by atoms with Crippen molar-refractivity contribution in [3.05, 3.63) is 41.5 Å². The number of halogens is 5. The van der Waals surface area contributed by atoms with Gasteiger partial charge in [-0.1, -0.05) is 6.58 Å². The molecule has 1 nitrogen and oxygen atoms in total. The molecule has 0 spiro atoms. The Bertz CT molecular complexity index is 504. The van der Waals surface area contributed by atoms with Crippen molar-refractivity contribution in [3.63, 3.8) is 0 Å². The third-order valence-corrected chi connectivity index (χ3v) is 2.84. The van der Waals surface area contributed by atoms with Crippen molar-refractivity contribution in [1.29, 1.82) is 0 Å². The van der Waals surface area contributed by atoms with Crippen LogP contribution < -0.4 is 0 Å². The first-order valence-electron chi connectivity index (χ1n) is 5.09. The fourth-order valence-electron chi connectivity index (χ4n) is 1.76. The Kier molecular flexibility index (Phi) is 2.64. The first-order chi connectivity index (χ1) is 8.11. The maximum Gasteiger partial charge on any atom is 0.416 e. The molecule has 1 aliphatic carbocycles. The number of hydrogen-bond donors (Lipinski definition) is 1. The van der Waals surface area contributed by atoms with Gasteiger partial charge in [-0.3, -0.25) is 0 Å². The van der Waals surface area contributed by atoms with Crippen molar-refractivity contribution in [2.24, 2.45) is 0 Å². The average Bonchev–Trinajstić information content (AvgIpc) is 2.86. The molecule has 0 bridgehead atoms. The molecule has 0 heterocycles. The summed E-state index contributed by atoms with van der Waals surface area (Å²) in [6.45, 7) is 3.11. The maximum atomic E-state index is 12.9. The number of aliphatic hydroxyl groups is 1. The van der Waals surface area contributed by atoms with Gasteiger partial charge >= 0.3 is 6.18 Å². The smallest absolute Gasteiger partial charge is 0.416 e. The van der Waals surface area contributed by atoms with E-state index in [9.17, 15) is 22.0 Å². The summed E-state index contributed by atoms with van der Waals surface area (Å²) in [5, 5.41) is 9.12. The second kappa shape index (κ2) is 3.70.